The Morgan fingerprint density at radius 1 is 0.524 bits per heavy atom. The fourth-order valence-electron chi connectivity index (χ4n) is 7.91. The smallest absolute Gasteiger partial charge is 0.473 e. The molecule has 4 rings (SSSR count). The summed E-state index contributed by atoms with van der Waals surface area (Å²) in [7, 11) is -3.71. The van der Waals surface area contributed by atoms with E-state index in [1.165, 1.54) is 0 Å². The molecule has 0 radical (unpaired) electrons. The van der Waals surface area contributed by atoms with Gasteiger partial charge in [0.15, 0.2) is 30.4 Å². The number of rotatable bonds is 32. The molecule has 0 aliphatic carbocycles. The van der Waals surface area contributed by atoms with Crippen molar-refractivity contribution in [1.82, 2.24) is 37.2 Å². The molecule has 466 valence electrons. The Hall–Kier alpha value is -5.58. The fourth-order valence-corrected chi connectivity index (χ4v) is 8.24. The highest BCUT2D eigenvalue weighted by molar-refractivity contribution is 7.47. The first kappa shape index (κ1) is 68.9. The van der Waals surface area contributed by atoms with Gasteiger partial charge in [0, 0.05) is 33.4 Å². The van der Waals surface area contributed by atoms with Crippen molar-refractivity contribution in [1.29, 1.82) is 0 Å². The summed E-state index contributed by atoms with van der Waals surface area (Å²) < 4.78 is 71.6. The van der Waals surface area contributed by atoms with Crippen molar-refractivity contribution in [3.8, 4) is 17.2 Å². The summed E-state index contributed by atoms with van der Waals surface area (Å²) in [6, 6.07) is -1.85. The van der Waals surface area contributed by atoms with Crippen molar-refractivity contribution in [2.45, 2.75) is 113 Å². The average molecular weight is 1210 g/mol. The molecule has 3 aliphatic heterocycles. The Morgan fingerprint density at radius 2 is 0.854 bits per heavy atom. The van der Waals surface area contributed by atoms with Crippen molar-refractivity contribution in [3.63, 3.8) is 0 Å². The molecule has 3 fully saturated rings. The van der Waals surface area contributed by atoms with E-state index in [2.05, 4.69) is 46.3 Å². The van der Waals surface area contributed by atoms with Gasteiger partial charge in [-0.05, 0) is 12.1 Å². The summed E-state index contributed by atoms with van der Waals surface area (Å²) in [5.41, 5.74) is -0.278. The maximum atomic E-state index is 13.5. The lowest BCUT2D eigenvalue weighted by molar-refractivity contribution is -0.268. The zero-order valence-corrected chi connectivity index (χ0v) is 45.6. The highest BCUT2D eigenvalue weighted by Crippen LogP contribution is 2.42. The fraction of sp³-hybridized carbons (Fsp3) is 0.711. The molecule has 3 saturated heterocycles. The van der Waals surface area contributed by atoms with Gasteiger partial charge >= 0.3 is 7.82 Å². The van der Waals surface area contributed by atoms with Crippen LogP contribution in [0.15, 0.2) is 12.1 Å². The second-order valence-corrected chi connectivity index (χ2v) is 19.6. The van der Waals surface area contributed by atoms with Gasteiger partial charge in [-0.25, -0.2) is 4.57 Å². The zero-order valence-electron chi connectivity index (χ0n) is 44.7. The summed E-state index contributed by atoms with van der Waals surface area (Å²) in [4.78, 5) is 97.5. The zero-order chi connectivity index (χ0) is 60.8. The summed E-state index contributed by atoms with van der Waals surface area (Å²) in [6.45, 7) is -4.20. The summed E-state index contributed by atoms with van der Waals surface area (Å²) in [5.74, 6) is -6.15. The highest BCUT2D eigenvalue weighted by atomic mass is 31.2. The average Bonchev–Trinajstić information content (AvgIpc) is 3.56. The summed E-state index contributed by atoms with van der Waals surface area (Å²) in [5, 5.41) is 108. The van der Waals surface area contributed by atoms with E-state index in [0.717, 1.165) is 40.0 Å². The minimum absolute atomic E-state index is 0.270. The predicted molar refractivity (Wildman–Crippen MR) is 266 cm³/mol. The van der Waals surface area contributed by atoms with Gasteiger partial charge in [0.1, 0.15) is 119 Å². The van der Waals surface area contributed by atoms with Crippen LogP contribution in [0, 0.1) is 0 Å². The third-order valence-corrected chi connectivity index (χ3v) is 12.8. The van der Waals surface area contributed by atoms with Gasteiger partial charge < -0.3 is 131 Å². The first-order valence-electron chi connectivity index (χ1n) is 25.1. The molecule has 7 amide bonds. The van der Waals surface area contributed by atoms with E-state index >= 15 is 0 Å². The third kappa shape index (κ3) is 20.9. The number of carbonyl (C=O) groups is 7. The lowest BCUT2D eigenvalue weighted by atomic mass is 9.97. The molecule has 36 nitrogen and oxygen atoms in total. The first-order valence-corrected chi connectivity index (χ1v) is 26.6. The molecule has 16 atom stereocenters. The number of aliphatic hydroxyl groups excluding tert-OH is 9. The van der Waals surface area contributed by atoms with Gasteiger partial charge in [-0.3, -0.25) is 42.6 Å². The van der Waals surface area contributed by atoms with E-state index < -0.39 is 207 Å². The summed E-state index contributed by atoms with van der Waals surface area (Å²) >= 11 is 0. The highest BCUT2D eigenvalue weighted by Gasteiger charge is 2.48. The van der Waals surface area contributed by atoms with Gasteiger partial charge in [0.25, 0.3) is 5.91 Å². The van der Waals surface area contributed by atoms with E-state index in [-0.39, 0.29) is 42.4 Å². The van der Waals surface area contributed by atoms with Crippen LogP contribution in [0.3, 0.4) is 0 Å². The predicted octanol–water partition coefficient (Wildman–Crippen LogP) is -9.50. The van der Waals surface area contributed by atoms with Crippen LogP contribution in [0.25, 0.3) is 0 Å². The molecule has 1 aromatic rings. The van der Waals surface area contributed by atoms with E-state index in [9.17, 15) is 89.0 Å². The number of ether oxygens (including phenoxy) is 9. The molecule has 1 aromatic carbocycles. The normalized spacial score (nSPS) is 28.7. The molecular weight excluding hydrogens is 1130 g/mol. The van der Waals surface area contributed by atoms with E-state index in [4.69, 9.17) is 42.6 Å². The van der Waals surface area contributed by atoms with Gasteiger partial charge in [0.05, 0.1) is 39.5 Å². The number of amides is 7. The number of benzene rings is 1. The number of aliphatic hydroxyl groups is 9. The number of nitrogens with one attached hydrogen (secondary N) is 7. The van der Waals surface area contributed by atoms with Crippen molar-refractivity contribution >= 4 is 49.2 Å². The van der Waals surface area contributed by atoms with Crippen LogP contribution in [0.2, 0.25) is 0 Å². The largest absolute Gasteiger partial charge is 0.488 e. The topological polar surface area (TPSA) is 525 Å². The van der Waals surface area contributed by atoms with E-state index in [1.807, 2.05) is 0 Å². The Morgan fingerprint density at radius 3 is 1.16 bits per heavy atom. The van der Waals surface area contributed by atoms with Crippen LogP contribution in [-0.2, 0) is 70.8 Å². The Balaban J connectivity index is 1.52. The second kappa shape index (κ2) is 33.6. The number of phosphoric acid groups is 1. The van der Waals surface area contributed by atoms with Crippen LogP contribution >= 0.6 is 7.82 Å². The Kier molecular flexibility index (Phi) is 28.3. The monoisotopic (exact) mass is 1210 g/mol. The van der Waals surface area contributed by atoms with Crippen molar-refractivity contribution in [2.24, 2.45) is 0 Å². The minimum Gasteiger partial charge on any atom is -0.488 e. The number of hydrogen-bond acceptors (Lipinski definition) is 28. The maximum Gasteiger partial charge on any atom is 0.473 e. The van der Waals surface area contributed by atoms with Crippen LogP contribution < -0.4 is 51.4 Å². The standard InChI is InChI=1S/C45H72N7O29P/c1-20(56)50-32-38(65)35(62)26(13-53)79-43(32)75-16-29(59)46-5-8-72-24-11-23(42(68)49-19-78-82(69,70)71-4)12-25(73-9-6-47-30(60)17-76-44-33(51-21(2)57)39(66)36(63)27(14-54)80-44)41(24)74-10-7-48-31(61)18-77-45-34(52-22(3)58)40(67)37(64)28(15-55)81-45/h11-12,26-28,32-40,43-45,53-55,62-67H,5-10,13-19H2,1-4H3,(H,46,59)(H,47,60)(H,48,61)(H,49,68)(H,50,56)(H,51,57)(H,52,58)(H,69,70). The lowest BCUT2D eigenvalue weighted by Crippen LogP contribution is -2.64. The molecule has 3 heterocycles. The van der Waals surface area contributed by atoms with Crippen molar-refractivity contribution in [2.75, 3.05) is 92.9 Å². The minimum atomic E-state index is -4.58. The van der Waals surface area contributed by atoms with E-state index in [1.54, 1.807) is 0 Å². The molecule has 17 N–H and O–H groups in total. The quantitative estimate of drug-likeness (QED) is 0.0181. The number of carbonyl (C=O) groups excluding carboxylic acids is 7. The van der Waals surface area contributed by atoms with Gasteiger partial charge in [-0.15, -0.1) is 0 Å². The van der Waals surface area contributed by atoms with Gasteiger partial charge in [-0.1, -0.05) is 0 Å². The first-order chi connectivity index (χ1) is 38.8. The third-order valence-electron chi connectivity index (χ3n) is 11.9. The molecule has 37 heteroatoms. The number of phosphoric ester groups is 1. The SMILES string of the molecule is COP(=O)(O)OCNC(=O)c1cc(OCCNC(=O)COC2OC(CO)C(O)C(O)C2NC(C)=O)c(OCCNC(=O)COC2OC(CO)C(O)C(O)C2NC(C)=O)c(OCCNC(=O)COC2OC(CO)C(O)C(O)C2NC(C)=O)c1. The Bertz CT molecular complexity index is 2230. The molecule has 0 spiro atoms. The molecule has 0 saturated carbocycles. The van der Waals surface area contributed by atoms with Crippen molar-refractivity contribution < 1.29 is 141 Å². The van der Waals surface area contributed by atoms with Crippen molar-refractivity contribution in [3.05, 3.63) is 17.7 Å². The molecule has 16 unspecified atom stereocenters. The van der Waals surface area contributed by atoms with Crippen LogP contribution in [-0.4, -0.2) is 277 Å². The van der Waals surface area contributed by atoms with Crippen LogP contribution in [0.5, 0.6) is 17.2 Å². The Labute approximate surface area is 466 Å². The summed E-state index contributed by atoms with van der Waals surface area (Å²) in [6.07, 6.45) is -18.4. The molecule has 3 aliphatic rings. The van der Waals surface area contributed by atoms with E-state index in [0.29, 0.717) is 0 Å². The second-order valence-electron chi connectivity index (χ2n) is 18.1. The molecule has 82 heavy (non-hydrogen) atoms. The van der Waals surface area contributed by atoms with Crippen LogP contribution in [0.1, 0.15) is 31.1 Å². The molecular formula is C45H72N7O29P. The maximum absolute atomic E-state index is 13.5. The van der Waals surface area contributed by atoms with Gasteiger partial charge in [-0.2, -0.15) is 0 Å². The molecule has 0 aromatic heterocycles. The van der Waals surface area contributed by atoms with Gasteiger partial charge in [0.2, 0.25) is 41.2 Å². The molecule has 0 bridgehead atoms. The number of hydrogen-bond donors (Lipinski definition) is 17. The van der Waals surface area contributed by atoms with Crippen LogP contribution in [0.4, 0.5) is 0 Å². The lowest BCUT2D eigenvalue weighted by Gasteiger charge is -2.42.